The molecular weight excluding hydrogens is 367 g/mol. The molecule has 2 aromatic carbocycles. The highest BCUT2D eigenvalue weighted by atomic mass is 32.2. The SMILES string of the molecule is Cn1c(SCc2ccccc2F)nc2cc(-c3ccccc3)sc2c1=O. The molecule has 4 rings (SSSR count). The van der Waals surface area contributed by atoms with Crippen LogP contribution in [0.2, 0.25) is 0 Å². The minimum absolute atomic E-state index is 0.0711. The van der Waals surface area contributed by atoms with Crippen LogP contribution in [0, 0.1) is 5.82 Å². The predicted octanol–water partition coefficient (Wildman–Crippen LogP) is 5.09. The van der Waals surface area contributed by atoms with Gasteiger partial charge in [0.2, 0.25) is 0 Å². The van der Waals surface area contributed by atoms with E-state index < -0.39 is 0 Å². The summed E-state index contributed by atoms with van der Waals surface area (Å²) in [6.45, 7) is 0. The first-order valence-corrected chi connectivity index (χ1v) is 9.86. The molecule has 0 saturated heterocycles. The summed E-state index contributed by atoms with van der Waals surface area (Å²) < 4.78 is 16.0. The van der Waals surface area contributed by atoms with Crippen molar-refractivity contribution in [2.45, 2.75) is 10.9 Å². The number of rotatable bonds is 4. The Morgan fingerprint density at radius 3 is 2.62 bits per heavy atom. The third-order valence-electron chi connectivity index (χ3n) is 4.09. The molecule has 0 unspecified atom stereocenters. The summed E-state index contributed by atoms with van der Waals surface area (Å²) in [6.07, 6.45) is 0. The van der Waals surface area contributed by atoms with Crippen LogP contribution >= 0.6 is 23.1 Å². The van der Waals surface area contributed by atoms with Crippen LogP contribution in [0.15, 0.2) is 70.6 Å². The van der Waals surface area contributed by atoms with Gasteiger partial charge in [0.05, 0.1) is 5.52 Å². The fourth-order valence-electron chi connectivity index (χ4n) is 2.67. The molecule has 0 fully saturated rings. The molecule has 0 spiro atoms. The van der Waals surface area contributed by atoms with Gasteiger partial charge >= 0.3 is 0 Å². The second-order valence-electron chi connectivity index (χ2n) is 5.83. The van der Waals surface area contributed by atoms with E-state index in [4.69, 9.17) is 0 Å². The first-order valence-electron chi connectivity index (χ1n) is 8.05. The van der Waals surface area contributed by atoms with E-state index in [9.17, 15) is 9.18 Å². The zero-order chi connectivity index (χ0) is 18.1. The van der Waals surface area contributed by atoms with Crippen LogP contribution in [-0.2, 0) is 12.8 Å². The maximum atomic E-state index is 13.8. The molecule has 0 radical (unpaired) electrons. The lowest BCUT2D eigenvalue weighted by Gasteiger charge is -2.07. The Bertz CT molecular complexity index is 1140. The summed E-state index contributed by atoms with van der Waals surface area (Å²) in [6, 6.07) is 18.6. The molecule has 0 saturated carbocycles. The Morgan fingerprint density at radius 2 is 1.85 bits per heavy atom. The van der Waals surface area contributed by atoms with Gasteiger partial charge in [-0.05, 0) is 23.3 Å². The van der Waals surface area contributed by atoms with Gasteiger partial charge in [0.1, 0.15) is 10.5 Å². The van der Waals surface area contributed by atoms with Gasteiger partial charge in [0.15, 0.2) is 5.16 Å². The highest BCUT2D eigenvalue weighted by molar-refractivity contribution is 7.98. The second kappa shape index (κ2) is 7.05. The largest absolute Gasteiger partial charge is 0.290 e. The fraction of sp³-hybridized carbons (Fsp3) is 0.100. The first kappa shape index (κ1) is 17.0. The molecule has 2 aromatic heterocycles. The van der Waals surface area contributed by atoms with Crippen LogP contribution in [0.3, 0.4) is 0 Å². The van der Waals surface area contributed by atoms with E-state index in [1.54, 1.807) is 29.8 Å². The molecule has 0 aliphatic carbocycles. The minimum Gasteiger partial charge on any atom is -0.290 e. The number of halogens is 1. The van der Waals surface area contributed by atoms with Gasteiger partial charge < -0.3 is 0 Å². The van der Waals surface area contributed by atoms with E-state index in [0.717, 1.165) is 10.4 Å². The number of thiophene rings is 1. The summed E-state index contributed by atoms with van der Waals surface area (Å²) >= 11 is 2.82. The highest BCUT2D eigenvalue weighted by Gasteiger charge is 2.14. The van der Waals surface area contributed by atoms with E-state index in [1.165, 1.54) is 29.2 Å². The Hall–Kier alpha value is -2.44. The predicted molar refractivity (Wildman–Crippen MR) is 106 cm³/mol. The number of hydrogen-bond acceptors (Lipinski definition) is 4. The Morgan fingerprint density at radius 1 is 1.12 bits per heavy atom. The average Bonchev–Trinajstić information content (AvgIpc) is 3.10. The average molecular weight is 382 g/mol. The van der Waals surface area contributed by atoms with Crippen molar-refractivity contribution >= 4 is 33.3 Å². The molecule has 2 heterocycles. The molecule has 0 atom stereocenters. The van der Waals surface area contributed by atoms with Gasteiger partial charge in [-0.25, -0.2) is 9.37 Å². The maximum absolute atomic E-state index is 13.8. The Balaban J connectivity index is 1.71. The monoisotopic (exact) mass is 382 g/mol. The van der Waals surface area contributed by atoms with Crippen LogP contribution in [0.1, 0.15) is 5.56 Å². The summed E-state index contributed by atoms with van der Waals surface area (Å²) in [5, 5.41) is 0.586. The third kappa shape index (κ3) is 3.18. The molecule has 6 heteroatoms. The molecule has 3 nitrogen and oxygen atoms in total. The minimum atomic E-state index is -0.243. The van der Waals surface area contributed by atoms with E-state index >= 15 is 0 Å². The number of thioether (sulfide) groups is 1. The number of nitrogens with zero attached hydrogens (tertiary/aromatic N) is 2. The Kier molecular flexibility index (Phi) is 4.61. The number of benzene rings is 2. The summed E-state index contributed by atoms with van der Waals surface area (Å²) in [7, 11) is 1.71. The lowest BCUT2D eigenvalue weighted by atomic mass is 10.2. The summed E-state index contributed by atoms with van der Waals surface area (Å²) in [4.78, 5) is 18.4. The standard InChI is InChI=1S/C20H15FN2OS2/c1-23-19(24)18-16(11-17(26-18)13-7-3-2-4-8-13)22-20(23)25-12-14-9-5-6-10-15(14)21/h2-11H,12H2,1H3. The fourth-order valence-corrected chi connectivity index (χ4v) is 4.70. The quantitative estimate of drug-likeness (QED) is 0.364. The summed E-state index contributed by atoms with van der Waals surface area (Å²) in [5.41, 5.74) is 2.28. The second-order valence-corrected chi connectivity index (χ2v) is 7.82. The van der Waals surface area contributed by atoms with E-state index in [-0.39, 0.29) is 11.4 Å². The molecule has 0 amide bonds. The smallest absolute Gasteiger partial charge is 0.271 e. The van der Waals surface area contributed by atoms with Crippen molar-refractivity contribution in [1.29, 1.82) is 0 Å². The topological polar surface area (TPSA) is 34.9 Å². The number of hydrogen-bond donors (Lipinski definition) is 0. The zero-order valence-corrected chi connectivity index (χ0v) is 15.6. The van der Waals surface area contributed by atoms with Crippen molar-refractivity contribution < 1.29 is 4.39 Å². The lowest BCUT2D eigenvalue weighted by Crippen LogP contribution is -2.18. The molecular formula is C20H15FN2OS2. The van der Waals surface area contributed by atoms with Crippen molar-refractivity contribution in [3.63, 3.8) is 0 Å². The van der Waals surface area contributed by atoms with E-state index in [0.29, 0.717) is 26.7 Å². The first-order chi connectivity index (χ1) is 12.6. The normalized spacial score (nSPS) is 11.2. The maximum Gasteiger partial charge on any atom is 0.271 e. The van der Waals surface area contributed by atoms with Gasteiger partial charge in [-0.15, -0.1) is 11.3 Å². The van der Waals surface area contributed by atoms with Gasteiger partial charge in [-0.3, -0.25) is 9.36 Å². The van der Waals surface area contributed by atoms with Crippen molar-refractivity contribution in [3.8, 4) is 10.4 Å². The van der Waals surface area contributed by atoms with E-state index in [2.05, 4.69) is 4.98 Å². The van der Waals surface area contributed by atoms with Crippen molar-refractivity contribution in [2.75, 3.05) is 0 Å². The van der Waals surface area contributed by atoms with Gasteiger partial charge in [0.25, 0.3) is 5.56 Å². The molecule has 0 bridgehead atoms. The Labute approximate surface area is 158 Å². The van der Waals surface area contributed by atoms with Crippen LogP contribution in [0.4, 0.5) is 4.39 Å². The van der Waals surface area contributed by atoms with Crippen LogP contribution in [0.5, 0.6) is 0 Å². The summed E-state index contributed by atoms with van der Waals surface area (Å²) in [5.74, 6) is 0.182. The van der Waals surface area contributed by atoms with E-state index in [1.807, 2.05) is 36.4 Å². The lowest BCUT2D eigenvalue weighted by molar-refractivity contribution is 0.617. The van der Waals surface area contributed by atoms with Crippen LogP contribution < -0.4 is 5.56 Å². The molecule has 0 aliphatic heterocycles. The molecule has 26 heavy (non-hydrogen) atoms. The number of fused-ring (bicyclic) bond motifs is 1. The van der Waals surface area contributed by atoms with Gasteiger partial charge in [0, 0.05) is 17.7 Å². The van der Waals surface area contributed by atoms with Crippen molar-refractivity contribution in [3.05, 3.63) is 82.4 Å². The molecule has 4 aromatic rings. The van der Waals surface area contributed by atoms with Crippen LogP contribution in [-0.4, -0.2) is 9.55 Å². The molecule has 0 aliphatic rings. The zero-order valence-electron chi connectivity index (χ0n) is 14.0. The van der Waals surface area contributed by atoms with Crippen LogP contribution in [0.25, 0.3) is 20.7 Å². The number of aromatic nitrogens is 2. The third-order valence-corrected chi connectivity index (χ3v) is 6.33. The van der Waals surface area contributed by atoms with Crippen molar-refractivity contribution in [1.82, 2.24) is 9.55 Å². The van der Waals surface area contributed by atoms with Gasteiger partial charge in [-0.1, -0.05) is 60.3 Å². The van der Waals surface area contributed by atoms with Crippen molar-refractivity contribution in [2.24, 2.45) is 7.05 Å². The highest BCUT2D eigenvalue weighted by Crippen LogP contribution is 2.32. The van der Waals surface area contributed by atoms with Gasteiger partial charge in [-0.2, -0.15) is 0 Å². The molecule has 0 N–H and O–H groups in total. The molecule has 130 valence electrons.